The molecule has 2 aromatic carbocycles. The van der Waals surface area contributed by atoms with Crippen LogP contribution in [0.15, 0.2) is 42.5 Å². The Bertz CT molecular complexity index is 837. The van der Waals surface area contributed by atoms with Crippen LogP contribution in [0.4, 0.5) is 11.4 Å². The highest BCUT2D eigenvalue weighted by Gasteiger charge is 2.29. The molecule has 0 fully saturated rings. The summed E-state index contributed by atoms with van der Waals surface area (Å²) in [5.74, 6) is 0.409. The van der Waals surface area contributed by atoms with Crippen LogP contribution in [0.1, 0.15) is 36.7 Å². The Morgan fingerprint density at radius 1 is 1.16 bits per heavy atom. The van der Waals surface area contributed by atoms with E-state index >= 15 is 0 Å². The number of nitrogens with zero attached hydrogens (tertiary/aromatic N) is 1. The van der Waals surface area contributed by atoms with Crippen LogP contribution in [-0.4, -0.2) is 18.9 Å². The Morgan fingerprint density at radius 3 is 2.52 bits per heavy atom. The molecule has 0 aromatic heterocycles. The molecule has 2 aromatic rings. The fourth-order valence-corrected chi connectivity index (χ4v) is 2.72. The first-order valence-corrected chi connectivity index (χ1v) is 8.20. The zero-order valence-corrected chi connectivity index (χ0v) is 14.9. The van der Waals surface area contributed by atoms with Gasteiger partial charge in [-0.2, -0.15) is 0 Å². The molecule has 0 unspecified atom stereocenters. The maximum atomic E-state index is 12.6. The van der Waals surface area contributed by atoms with Gasteiger partial charge < -0.3 is 15.0 Å². The molecule has 0 atom stereocenters. The minimum absolute atomic E-state index is 0.0240. The van der Waals surface area contributed by atoms with Crippen LogP contribution in [-0.2, 0) is 11.3 Å². The van der Waals surface area contributed by atoms with Gasteiger partial charge in [0, 0.05) is 22.7 Å². The normalized spacial score (nSPS) is 13.6. The van der Waals surface area contributed by atoms with Crippen LogP contribution < -0.4 is 15.0 Å². The smallest absolute Gasteiger partial charge is 0.258 e. The Hall–Kier alpha value is -2.82. The fourth-order valence-electron chi connectivity index (χ4n) is 2.72. The summed E-state index contributed by atoms with van der Waals surface area (Å²) in [5, 5.41) is 2.88. The lowest BCUT2D eigenvalue weighted by Gasteiger charge is -2.21. The number of nitrogens with one attached hydrogen (secondary N) is 1. The van der Waals surface area contributed by atoms with Crippen LogP contribution >= 0.6 is 0 Å². The molecule has 5 heteroatoms. The summed E-state index contributed by atoms with van der Waals surface area (Å²) >= 11 is 0. The van der Waals surface area contributed by atoms with E-state index in [0.29, 0.717) is 18.0 Å². The molecule has 1 heterocycles. The number of rotatable bonds is 3. The van der Waals surface area contributed by atoms with Crippen molar-refractivity contribution >= 4 is 23.2 Å². The van der Waals surface area contributed by atoms with E-state index in [1.807, 2.05) is 51.1 Å². The average molecular weight is 338 g/mol. The van der Waals surface area contributed by atoms with Crippen molar-refractivity contribution in [3.63, 3.8) is 0 Å². The number of hydrogen-bond donors (Lipinski definition) is 1. The monoisotopic (exact) mass is 338 g/mol. The Balaban J connectivity index is 1.88. The third kappa shape index (κ3) is 3.22. The summed E-state index contributed by atoms with van der Waals surface area (Å²) in [6.45, 7) is 6.09. The molecule has 0 saturated carbocycles. The summed E-state index contributed by atoms with van der Waals surface area (Å²) in [4.78, 5) is 26.5. The number of benzene rings is 2. The van der Waals surface area contributed by atoms with Gasteiger partial charge in [0.1, 0.15) is 5.75 Å². The fraction of sp³-hybridized carbons (Fsp3) is 0.300. The molecule has 5 nitrogen and oxygen atoms in total. The van der Waals surface area contributed by atoms with Gasteiger partial charge >= 0.3 is 0 Å². The predicted octanol–water partition coefficient (Wildman–Crippen LogP) is 3.84. The third-order valence-corrected chi connectivity index (χ3v) is 4.25. The van der Waals surface area contributed by atoms with Crippen molar-refractivity contribution in [2.75, 3.05) is 17.3 Å². The van der Waals surface area contributed by atoms with E-state index in [1.54, 1.807) is 24.1 Å². The van der Waals surface area contributed by atoms with Gasteiger partial charge in [-0.25, -0.2) is 0 Å². The molecular weight excluding hydrogens is 316 g/mol. The van der Waals surface area contributed by atoms with Gasteiger partial charge in [-0.15, -0.1) is 0 Å². The molecule has 25 heavy (non-hydrogen) atoms. The lowest BCUT2D eigenvalue weighted by molar-refractivity contribution is -0.123. The summed E-state index contributed by atoms with van der Waals surface area (Å²) in [6, 6.07) is 13.0. The first-order valence-electron chi connectivity index (χ1n) is 8.20. The SMILES string of the molecule is COc1cc(N2Cc3ccccc3C2=O)ccc1NC(=O)C(C)(C)C. The Kier molecular flexibility index (Phi) is 4.25. The van der Waals surface area contributed by atoms with Crippen molar-refractivity contribution in [1.82, 2.24) is 0 Å². The largest absolute Gasteiger partial charge is 0.494 e. The van der Waals surface area contributed by atoms with Gasteiger partial charge in [0.25, 0.3) is 5.91 Å². The molecule has 0 radical (unpaired) electrons. The van der Waals surface area contributed by atoms with E-state index in [2.05, 4.69) is 5.32 Å². The maximum absolute atomic E-state index is 12.6. The highest BCUT2D eigenvalue weighted by molar-refractivity contribution is 6.10. The van der Waals surface area contributed by atoms with Crippen LogP contribution in [0.25, 0.3) is 0 Å². The highest BCUT2D eigenvalue weighted by Crippen LogP contribution is 2.34. The molecule has 1 N–H and O–H groups in total. The standard InChI is InChI=1S/C20H22N2O3/c1-20(2,3)19(24)21-16-10-9-14(11-17(16)25-4)22-12-13-7-5-6-8-15(13)18(22)23/h5-11H,12H2,1-4H3,(H,21,24). The van der Waals surface area contributed by atoms with Gasteiger partial charge in [0.2, 0.25) is 5.91 Å². The molecule has 0 spiro atoms. The van der Waals surface area contributed by atoms with E-state index < -0.39 is 5.41 Å². The Labute approximate surface area is 147 Å². The van der Waals surface area contributed by atoms with Crippen molar-refractivity contribution in [3.05, 3.63) is 53.6 Å². The molecule has 2 amide bonds. The number of carbonyl (C=O) groups excluding carboxylic acids is 2. The molecule has 0 aliphatic carbocycles. The molecule has 0 bridgehead atoms. The van der Waals surface area contributed by atoms with Crippen LogP contribution in [0.5, 0.6) is 5.75 Å². The number of hydrogen-bond acceptors (Lipinski definition) is 3. The van der Waals surface area contributed by atoms with E-state index in [-0.39, 0.29) is 11.8 Å². The molecule has 1 aliphatic heterocycles. The molecule has 3 rings (SSSR count). The van der Waals surface area contributed by atoms with Gasteiger partial charge in [-0.05, 0) is 23.8 Å². The van der Waals surface area contributed by atoms with E-state index in [1.165, 1.54) is 0 Å². The van der Waals surface area contributed by atoms with Crippen molar-refractivity contribution in [1.29, 1.82) is 0 Å². The average Bonchev–Trinajstić information content (AvgIpc) is 2.91. The number of carbonyl (C=O) groups is 2. The molecular formula is C20H22N2O3. The maximum Gasteiger partial charge on any atom is 0.258 e. The van der Waals surface area contributed by atoms with E-state index in [4.69, 9.17) is 4.74 Å². The first-order chi connectivity index (χ1) is 11.8. The zero-order valence-electron chi connectivity index (χ0n) is 14.9. The van der Waals surface area contributed by atoms with Crippen molar-refractivity contribution < 1.29 is 14.3 Å². The quantitative estimate of drug-likeness (QED) is 0.925. The van der Waals surface area contributed by atoms with E-state index in [0.717, 1.165) is 16.8 Å². The van der Waals surface area contributed by atoms with Gasteiger partial charge in [-0.3, -0.25) is 9.59 Å². The van der Waals surface area contributed by atoms with Gasteiger partial charge in [0.05, 0.1) is 19.3 Å². The summed E-state index contributed by atoms with van der Waals surface area (Å²) in [6.07, 6.45) is 0. The highest BCUT2D eigenvalue weighted by atomic mass is 16.5. The lowest BCUT2D eigenvalue weighted by Crippen LogP contribution is -2.28. The number of methoxy groups -OCH3 is 1. The number of ether oxygens (including phenoxy) is 1. The zero-order chi connectivity index (χ0) is 18.2. The minimum Gasteiger partial charge on any atom is -0.494 e. The van der Waals surface area contributed by atoms with Crippen molar-refractivity contribution in [2.45, 2.75) is 27.3 Å². The van der Waals surface area contributed by atoms with Crippen LogP contribution in [0.3, 0.4) is 0 Å². The first kappa shape index (κ1) is 17.0. The summed E-state index contributed by atoms with van der Waals surface area (Å²) in [5.41, 5.74) is 2.57. The van der Waals surface area contributed by atoms with Crippen molar-refractivity contribution in [2.24, 2.45) is 5.41 Å². The van der Waals surface area contributed by atoms with Gasteiger partial charge in [0.15, 0.2) is 0 Å². The second-order valence-electron chi connectivity index (χ2n) is 7.14. The molecule has 1 aliphatic rings. The third-order valence-electron chi connectivity index (χ3n) is 4.25. The van der Waals surface area contributed by atoms with Gasteiger partial charge in [-0.1, -0.05) is 39.0 Å². The molecule has 0 saturated heterocycles. The lowest BCUT2D eigenvalue weighted by atomic mass is 9.95. The summed E-state index contributed by atoms with van der Waals surface area (Å²) in [7, 11) is 1.55. The van der Waals surface area contributed by atoms with E-state index in [9.17, 15) is 9.59 Å². The second-order valence-corrected chi connectivity index (χ2v) is 7.14. The molecule has 130 valence electrons. The summed E-state index contributed by atoms with van der Waals surface area (Å²) < 4.78 is 5.42. The minimum atomic E-state index is -0.504. The number of fused-ring (bicyclic) bond motifs is 1. The topological polar surface area (TPSA) is 58.6 Å². The number of anilines is 2. The number of amides is 2. The Morgan fingerprint density at radius 2 is 1.88 bits per heavy atom. The predicted molar refractivity (Wildman–Crippen MR) is 98.0 cm³/mol. The van der Waals surface area contributed by atoms with Crippen LogP contribution in [0.2, 0.25) is 0 Å². The van der Waals surface area contributed by atoms with Crippen molar-refractivity contribution in [3.8, 4) is 5.75 Å². The second kappa shape index (κ2) is 6.24. The van der Waals surface area contributed by atoms with Crippen LogP contribution in [0, 0.1) is 5.41 Å².